The van der Waals surface area contributed by atoms with Crippen LogP contribution in [0.1, 0.15) is 38.1 Å². The first kappa shape index (κ1) is 13.1. The van der Waals surface area contributed by atoms with Crippen molar-refractivity contribution in [3.05, 3.63) is 53.4 Å². The zero-order valence-corrected chi connectivity index (χ0v) is 12.4. The molecule has 0 radical (unpaired) electrons. The number of thiophene rings is 1. The lowest BCUT2D eigenvalue weighted by Crippen LogP contribution is -2.10. The topological polar surface area (TPSA) is 0 Å². The van der Waals surface area contributed by atoms with E-state index in [1.165, 1.54) is 20.9 Å². The van der Waals surface area contributed by atoms with Crippen LogP contribution in [-0.4, -0.2) is 0 Å². The van der Waals surface area contributed by atoms with Crippen molar-refractivity contribution in [2.75, 3.05) is 0 Å². The van der Waals surface area contributed by atoms with E-state index < -0.39 is 0 Å². The molecule has 0 atom stereocenters. The Morgan fingerprint density at radius 1 is 1.11 bits per heavy atom. The first-order valence-corrected chi connectivity index (χ1v) is 7.06. The van der Waals surface area contributed by atoms with Crippen LogP contribution in [0, 0.1) is 0 Å². The van der Waals surface area contributed by atoms with Gasteiger partial charge in [0.1, 0.15) is 0 Å². The summed E-state index contributed by atoms with van der Waals surface area (Å²) in [6.07, 6.45) is 0. The second-order valence-corrected chi connectivity index (χ2v) is 6.86. The Morgan fingerprint density at radius 2 is 1.83 bits per heavy atom. The van der Waals surface area contributed by atoms with Gasteiger partial charge >= 0.3 is 0 Å². The highest BCUT2D eigenvalue weighted by atomic mass is 32.1. The van der Waals surface area contributed by atoms with E-state index in [9.17, 15) is 0 Å². The first-order chi connectivity index (χ1) is 8.38. The maximum atomic E-state index is 4.00. The standard InChI is InChI=1S/C17H20S/c1-12(2)15-9-10-16(18-15)13-7-6-8-14(11-13)17(3,4)5/h6-11H,1H2,2-5H3. The van der Waals surface area contributed by atoms with Crippen molar-refractivity contribution in [2.24, 2.45) is 0 Å². The van der Waals surface area contributed by atoms with Crippen LogP contribution in [0.4, 0.5) is 0 Å². The molecule has 0 saturated heterocycles. The third kappa shape index (κ3) is 2.73. The number of hydrogen-bond donors (Lipinski definition) is 0. The first-order valence-electron chi connectivity index (χ1n) is 6.24. The van der Waals surface area contributed by atoms with Gasteiger partial charge in [-0.25, -0.2) is 0 Å². The molecule has 2 aromatic rings. The van der Waals surface area contributed by atoms with E-state index in [4.69, 9.17) is 0 Å². The van der Waals surface area contributed by atoms with Crippen LogP contribution in [0.25, 0.3) is 16.0 Å². The molecule has 2 rings (SSSR count). The van der Waals surface area contributed by atoms with Crippen LogP contribution < -0.4 is 0 Å². The summed E-state index contributed by atoms with van der Waals surface area (Å²) < 4.78 is 0. The second-order valence-electron chi connectivity index (χ2n) is 5.78. The zero-order valence-electron chi connectivity index (χ0n) is 11.6. The third-order valence-electron chi connectivity index (χ3n) is 3.04. The number of benzene rings is 1. The van der Waals surface area contributed by atoms with E-state index in [0.717, 1.165) is 5.57 Å². The molecule has 0 nitrogen and oxygen atoms in total. The largest absolute Gasteiger partial charge is 0.136 e. The molecule has 1 aromatic heterocycles. The minimum Gasteiger partial charge on any atom is -0.136 e. The Labute approximate surface area is 114 Å². The lowest BCUT2D eigenvalue weighted by Gasteiger charge is -2.19. The molecule has 18 heavy (non-hydrogen) atoms. The summed E-state index contributed by atoms with van der Waals surface area (Å²) in [5.41, 5.74) is 4.02. The van der Waals surface area contributed by atoms with Crippen molar-refractivity contribution in [2.45, 2.75) is 33.1 Å². The van der Waals surface area contributed by atoms with Crippen molar-refractivity contribution in [1.82, 2.24) is 0 Å². The van der Waals surface area contributed by atoms with E-state index >= 15 is 0 Å². The number of rotatable bonds is 2. The molecule has 0 saturated carbocycles. The Hall–Kier alpha value is -1.34. The van der Waals surface area contributed by atoms with Crippen molar-refractivity contribution >= 4 is 16.9 Å². The lowest BCUT2D eigenvalue weighted by molar-refractivity contribution is 0.590. The van der Waals surface area contributed by atoms with Crippen molar-refractivity contribution < 1.29 is 0 Å². The lowest BCUT2D eigenvalue weighted by atomic mass is 9.86. The summed E-state index contributed by atoms with van der Waals surface area (Å²) in [7, 11) is 0. The Balaban J connectivity index is 2.41. The fraction of sp³-hybridized carbons (Fsp3) is 0.294. The molecule has 0 unspecified atom stereocenters. The summed E-state index contributed by atoms with van der Waals surface area (Å²) in [6, 6.07) is 13.2. The molecule has 0 amide bonds. The summed E-state index contributed by atoms with van der Waals surface area (Å²) in [4.78, 5) is 2.59. The predicted molar refractivity (Wildman–Crippen MR) is 83.2 cm³/mol. The van der Waals surface area contributed by atoms with E-state index in [1.807, 2.05) is 11.3 Å². The summed E-state index contributed by atoms with van der Waals surface area (Å²) in [5.74, 6) is 0. The fourth-order valence-electron chi connectivity index (χ4n) is 1.86. The van der Waals surface area contributed by atoms with Crippen molar-refractivity contribution in [3.8, 4) is 10.4 Å². The normalized spacial score (nSPS) is 11.6. The zero-order chi connectivity index (χ0) is 13.3. The molecular weight excluding hydrogens is 236 g/mol. The predicted octanol–water partition coefficient (Wildman–Crippen LogP) is 5.75. The van der Waals surface area contributed by atoms with Crippen molar-refractivity contribution in [1.29, 1.82) is 0 Å². The van der Waals surface area contributed by atoms with Crippen LogP contribution in [0.3, 0.4) is 0 Å². The van der Waals surface area contributed by atoms with E-state index in [0.29, 0.717) is 0 Å². The maximum absolute atomic E-state index is 4.00. The summed E-state index contributed by atoms with van der Waals surface area (Å²) in [5, 5.41) is 0. The minimum atomic E-state index is 0.199. The highest BCUT2D eigenvalue weighted by Gasteiger charge is 2.14. The summed E-state index contributed by atoms with van der Waals surface area (Å²) >= 11 is 1.81. The van der Waals surface area contributed by atoms with Gasteiger partial charge in [0.2, 0.25) is 0 Å². The van der Waals surface area contributed by atoms with Gasteiger partial charge in [-0.2, -0.15) is 0 Å². The van der Waals surface area contributed by atoms with Gasteiger partial charge in [-0.05, 0) is 47.2 Å². The molecule has 0 bridgehead atoms. The van der Waals surface area contributed by atoms with Gasteiger partial charge < -0.3 is 0 Å². The SMILES string of the molecule is C=C(C)c1ccc(-c2cccc(C(C)(C)C)c2)s1. The molecule has 0 N–H and O–H groups in total. The molecule has 0 fully saturated rings. The second kappa shape index (κ2) is 4.74. The monoisotopic (exact) mass is 256 g/mol. The minimum absolute atomic E-state index is 0.199. The Morgan fingerprint density at radius 3 is 2.39 bits per heavy atom. The van der Waals surface area contributed by atoms with Crippen LogP contribution in [0.2, 0.25) is 0 Å². The number of allylic oxidation sites excluding steroid dienone is 1. The third-order valence-corrected chi connectivity index (χ3v) is 4.34. The van der Waals surface area contributed by atoms with Gasteiger partial charge in [0.15, 0.2) is 0 Å². The Bertz CT molecular complexity index is 567. The van der Waals surface area contributed by atoms with E-state index in [1.54, 1.807) is 0 Å². The quantitative estimate of drug-likeness (QED) is 0.642. The van der Waals surface area contributed by atoms with Crippen LogP contribution >= 0.6 is 11.3 Å². The smallest absolute Gasteiger partial charge is 0.0349 e. The molecule has 0 aliphatic carbocycles. The summed E-state index contributed by atoms with van der Waals surface area (Å²) in [6.45, 7) is 12.8. The fourth-order valence-corrected chi connectivity index (χ4v) is 2.79. The van der Waals surface area contributed by atoms with Gasteiger partial charge in [0, 0.05) is 9.75 Å². The molecule has 1 heterocycles. The average molecular weight is 256 g/mol. The molecule has 1 heteroatoms. The van der Waals surface area contributed by atoms with Gasteiger partial charge in [-0.1, -0.05) is 45.5 Å². The van der Waals surface area contributed by atoms with Crippen molar-refractivity contribution in [3.63, 3.8) is 0 Å². The molecule has 94 valence electrons. The van der Waals surface area contributed by atoms with Crippen LogP contribution in [0.5, 0.6) is 0 Å². The van der Waals surface area contributed by atoms with Crippen LogP contribution in [0.15, 0.2) is 43.0 Å². The average Bonchev–Trinajstić information content (AvgIpc) is 2.77. The molecule has 0 spiro atoms. The molecule has 1 aromatic carbocycles. The number of hydrogen-bond acceptors (Lipinski definition) is 1. The molecule has 0 aliphatic rings. The van der Waals surface area contributed by atoms with Gasteiger partial charge in [-0.15, -0.1) is 11.3 Å². The van der Waals surface area contributed by atoms with Gasteiger partial charge in [0.25, 0.3) is 0 Å². The molecular formula is C17H20S. The highest BCUT2D eigenvalue weighted by molar-refractivity contribution is 7.16. The maximum Gasteiger partial charge on any atom is 0.0349 e. The van der Waals surface area contributed by atoms with Gasteiger partial charge in [0.05, 0.1) is 0 Å². The van der Waals surface area contributed by atoms with Crippen LogP contribution in [-0.2, 0) is 5.41 Å². The van der Waals surface area contributed by atoms with E-state index in [2.05, 4.69) is 70.7 Å². The highest BCUT2D eigenvalue weighted by Crippen LogP contribution is 2.33. The van der Waals surface area contributed by atoms with Gasteiger partial charge in [-0.3, -0.25) is 0 Å². The Kier molecular flexibility index (Phi) is 3.45. The molecule has 0 aliphatic heterocycles. The van der Waals surface area contributed by atoms with E-state index in [-0.39, 0.29) is 5.41 Å².